The van der Waals surface area contributed by atoms with Crippen molar-refractivity contribution < 1.29 is 4.74 Å². The van der Waals surface area contributed by atoms with E-state index in [1.54, 1.807) is 7.11 Å². The summed E-state index contributed by atoms with van der Waals surface area (Å²) in [6.45, 7) is 4.66. The molecule has 0 aliphatic heterocycles. The summed E-state index contributed by atoms with van der Waals surface area (Å²) in [5, 5.41) is 6.91. The van der Waals surface area contributed by atoms with Gasteiger partial charge in [0, 0.05) is 56.8 Å². The van der Waals surface area contributed by atoms with Crippen LogP contribution < -0.4 is 10.6 Å². The number of halogens is 1. The standard InChI is InChI=1S/C19H31BrN4O/c1-21-18(22-10-12-24(2)11-5-13-25-3)23-15-19(8-9-19)16-6-4-7-17(20)14-16/h4,6-7,14H,5,8-13,15H2,1-3H3,(H2,21,22,23). The molecule has 0 bridgehead atoms. The lowest BCUT2D eigenvalue weighted by Gasteiger charge is -2.21. The van der Waals surface area contributed by atoms with Crippen LogP contribution in [0.4, 0.5) is 0 Å². The van der Waals surface area contributed by atoms with E-state index in [9.17, 15) is 0 Å². The second-order valence-corrected chi connectivity index (χ2v) is 7.71. The van der Waals surface area contributed by atoms with E-state index in [2.05, 4.69) is 67.8 Å². The number of nitrogens with zero attached hydrogens (tertiary/aromatic N) is 2. The quantitative estimate of drug-likeness (QED) is 0.353. The van der Waals surface area contributed by atoms with Gasteiger partial charge in [0.25, 0.3) is 0 Å². The molecular weight excluding hydrogens is 380 g/mol. The van der Waals surface area contributed by atoms with Crippen molar-refractivity contribution in [1.82, 2.24) is 15.5 Å². The number of methoxy groups -OCH3 is 1. The Bertz CT molecular complexity index is 560. The third kappa shape index (κ3) is 6.60. The van der Waals surface area contributed by atoms with E-state index in [-0.39, 0.29) is 5.41 Å². The van der Waals surface area contributed by atoms with Gasteiger partial charge < -0.3 is 20.3 Å². The van der Waals surface area contributed by atoms with E-state index < -0.39 is 0 Å². The van der Waals surface area contributed by atoms with Gasteiger partial charge in [0.05, 0.1) is 0 Å². The molecule has 1 fully saturated rings. The van der Waals surface area contributed by atoms with E-state index in [4.69, 9.17) is 4.74 Å². The molecule has 25 heavy (non-hydrogen) atoms. The zero-order chi connectivity index (χ0) is 18.1. The molecule has 0 heterocycles. The van der Waals surface area contributed by atoms with Crippen molar-refractivity contribution in [3.63, 3.8) is 0 Å². The summed E-state index contributed by atoms with van der Waals surface area (Å²) in [5.74, 6) is 0.881. The normalized spacial score (nSPS) is 16.1. The maximum atomic E-state index is 5.09. The largest absolute Gasteiger partial charge is 0.385 e. The molecule has 1 aliphatic carbocycles. The highest BCUT2D eigenvalue weighted by molar-refractivity contribution is 9.10. The van der Waals surface area contributed by atoms with Gasteiger partial charge in [0.2, 0.25) is 0 Å². The van der Waals surface area contributed by atoms with Gasteiger partial charge in [-0.2, -0.15) is 0 Å². The van der Waals surface area contributed by atoms with Crippen molar-refractivity contribution in [2.75, 3.05) is 54.0 Å². The number of likely N-dealkylation sites (N-methyl/N-ethyl adjacent to an activating group) is 1. The number of ether oxygens (including phenoxy) is 1. The number of guanidine groups is 1. The molecule has 0 amide bonds. The fraction of sp³-hybridized carbons (Fsp3) is 0.632. The van der Waals surface area contributed by atoms with Gasteiger partial charge in [-0.05, 0) is 44.0 Å². The van der Waals surface area contributed by atoms with E-state index in [1.165, 1.54) is 18.4 Å². The first-order chi connectivity index (χ1) is 12.1. The molecule has 0 unspecified atom stereocenters. The number of benzene rings is 1. The second-order valence-electron chi connectivity index (χ2n) is 6.79. The monoisotopic (exact) mass is 410 g/mol. The first kappa shape index (κ1) is 20.2. The summed E-state index contributed by atoms with van der Waals surface area (Å²) in [7, 11) is 5.72. The zero-order valence-corrected chi connectivity index (χ0v) is 17.2. The lowest BCUT2D eigenvalue weighted by atomic mass is 9.96. The van der Waals surface area contributed by atoms with Crippen LogP contribution in [0.5, 0.6) is 0 Å². The highest BCUT2D eigenvalue weighted by Gasteiger charge is 2.44. The Balaban J connectivity index is 1.72. The van der Waals surface area contributed by atoms with Gasteiger partial charge in [0.1, 0.15) is 0 Å². The van der Waals surface area contributed by atoms with Gasteiger partial charge in [0.15, 0.2) is 5.96 Å². The van der Waals surface area contributed by atoms with Crippen LogP contribution in [0.2, 0.25) is 0 Å². The predicted octanol–water partition coefficient (Wildman–Crippen LogP) is 2.61. The Hall–Kier alpha value is -1.11. The molecule has 140 valence electrons. The van der Waals surface area contributed by atoms with Crippen LogP contribution in [-0.4, -0.2) is 64.9 Å². The molecule has 0 saturated heterocycles. The van der Waals surface area contributed by atoms with Crippen LogP contribution in [0.1, 0.15) is 24.8 Å². The van der Waals surface area contributed by atoms with Crippen molar-refractivity contribution in [2.24, 2.45) is 4.99 Å². The van der Waals surface area contributed by atoms with Gasteiger partial charge in [-0.25, -0.2) is 0 Å². The van der Waals surface area contributed by atoms with Crippen LogP contribution in [0.15, 0.2) is 33.7 Å². The summed E-state index contributed by atoms with van der Waals surface area (Å²) >= 11 is 3.58. The van der Waals surface area contributed by atoms with Crippen molar-refractivity contribution in [3.8, 4) is 0 Å². The fourth-order valence-corrected chi connectivity index (χ4v) is 3.37. The van der Waals surface area contributed by atoms with Crippen LogP contribution in [0, 0.1) is 0 Å². The molecule has 0 aromatic heterocycles. The summed E-state index contributed by atoms with van der Waals surface area (Å²) in [6.07, 6.45) is 3.53. The second kappa shape index (κ2) is 10.1. The summed E-state index contributed by atoms with van der Waals surface area (Å²) in [6, 6.07) is 8.66. The summed E-state index contributed by atoms with van der Waals surface area (Å²) in [4.78, 5) is 6.66. The predicted molar refractivity (Wildman–Crippen MR) is 108 cm³/mol. The lowest BCUT2D eigenvalue weighted by molar-refractivity contribution is 0.180. The van der Waals surface area contributed by atoms with Crippen molar-refractivity contribution in [2.45, 2.75) is 24.7 Å². The molecule has 5 nitrogen and oxygen atoms in total. The number of aliphatic imine (C=N–C) groups is 1. The highest BCUT2D eigenvalue weighted by Crippen LogP contribution is 2.48. The molecule has 1 aromatic rings. The maximum absolute atomic E-state index is 5.09. The minimum absolute atomic E-state index is 0.262. The van der Waals surface area contributed by atoms with Crippen LogP contribution in [-0.2, 0) is 10.2 Å². The molecule has 0 spiro atoms. The summed E-state index contributed by atoms with van der Waals surface area (Å²) in [5.41, 5.74) is 1.67. The first-order valence-corrected chi connectivity index (χ1v) is 9.77. The molecule has 0 radical (unpaired) electrons. The Kier molecular flexibility index (Phi) is 8.19. The minimum atomic E-state index is 0.262. The lowest BCUT2D eigenvalue weighted by Crippen LogP contribution is -2.43. The Morgan fingerprint density at radius 3 is 2.76 bits per heavy atom. The van der Waals surface area contributed by atoms with E-state index in [0.29, 0.717) is 0 Å². The van der Waals surface area contributed by atoms with E-state index in [0.717, 1.165) is 49.6 Å². The maximum Gasteiger partial charge on any atom is 0.191 e. The van der Waals surface area contributed by atoms with Gasteiger partial charge in [-0.1, -0.05) is 28.1 Å². The fourth-order valence-electron chi connectivity index (χ4n) is 2.97. The van der Waals surface area contributed by atoms with E-state index >= 15 is 0 Å². The first-order valence-electron chi connectivity index (χ1n) is 8.98. The molecular formula is C19H31BrN4O. The van der Waals surface area contributed by atoms with Crippen LogP contribution in [0.25, 0.3) is 0 Å². The average Bonchev–Trinajstić information content (AvgIpc) is 3.39. The van der Waals surface area contributed by atoms with E-state index in [1.807, 2.05) is 7.05 Å². The molecule has 6 heteroatoms. The smallest absolute Gasteiger partial charge is 0.191 e. The average molecular weight is 411 g/mol. The Labute approximate surface area is 160 Å². The van der Waals surface area contributed by atoms with Gasteiger partial charge in [-0.3, -0.25) is 4.99 Å². The Morgan fingerprint density at radius 2 is 2.12 bits per heavy atom. The molecule has 1 saturated carbocycles. The molecule has 1 aromatic carbocycles. The minimum Gasteiger partial charge on any atom is -0.385 e. The van der Waals surface area contributed by atoms with Crippen LogP contribution in [0.3, 0.4) is 0 Å². The molecule has 1 aliphatic rings. The number of nitrogens with one attached hydrogen (secondary N) is 2. The Morgan fingerprint density at radius 1 is 1.32 bits per heavy atom. The van der Waals surface area contributed by atoms with Crippen LogP contribution >= 0.6 is 15.9 Å². The summed E-state index contributed by atoms with van der Waals surface area (Å²) < 4.78 is 6.24. The highest BCUT2D eigenvalue weighted by atomic mass is 79.9. The van der Waals surface area contributed by atoms with Crippen molar-refractivity contribution in [1.29, 1.82) is 0 Å². The topological polar surface area (TPSA) is 48.9 Å². The van der Waals surface area contributed by atoms with Gasteiger partial charge in [-0.15, -0.1) is 0 Å². The zero-order valence-electron chi connectivity index (χ0n) is 15.6. The molecule has 0 atom stereocenters. The van der Waals surface area contributed by atoms with Crippen molar-refractivity contribution >= 4 is 21.9 Å². The number of hydrogen-bond acceptors (Lipinski definition) is 3. The SMILES string of the molecule is CN=C(NCCN(C)CCCOC)NCC1(c2cccc(Br)c2)CC1. The van der Waals surface area contributed by atoms with Gasteiger partial charge >= 0.3 is 0 Å². The third-order valence-corrected chi connectivity index (χ3v) is 5.28. The molecule has 2 rings (SSSR count). The van der Waals surface area contributed by atoms with Crippen molar-refractivity contribution in [3.05, 3.63) is 34.3 Å². The number of hydrogen-bond donors (Lipinski definition) is 2. The third-order valence-electron chi connectivity index (χ3n) is 4.78. The number of rotatable bonds is 10. The molecule has 2 N–H and O–H groups in total.